The van der Waals surface area contributed by atoms with E-state index in [1.807, 2.05) is 6.92 Å². The Morgan fingerprint density at radius 3 is 3.00 bits per heavy atom. The lowest BCUT2D eigenvalue weighted by molar-refractivity contribution is -0.109. The lowest BCUT2D eigenvalue weighted by atomic mass is 10.3. The Kier molecular flexibility index (Phi) is 4.87. The van der Waals surface area contributed by atoms with Crippen LogP contribution in [0.25, 0.3) is 0 Å². The van der Waals surface area contributed by atoms with Crippen LogP contribution in [0.4, 0.5) is 0 Å². The van der Waals surface area contributed by atoms with Gasteiger partial charge in [-0.05, 0) is 25.0 Å². The Morgan fingerprint density at radius 1 is 1.56 bits per heavy atom. The third kappa shape index (κ3) is 4.37. The summed E-state index contributed by atoms with van der Waals surface area (Å²) < 4.78 is 0. The van der Waals surface area contributed by atoms with E-state index in [1.165, 1.54) is 18.7 Å². The molecule has 0 spiro atoms. The fourth-order valence-corrected chi connectivity index (χ4v) is 1.52. The number of hydrogen-bond acceptors (Lipinski definition) is 4. The van der Waals surface area contributed by atoms with E-state index < -0.39 is 0 Å². The number of thioether (sulfide) groups is 1. The number of carbonyl (C=O) groups is 1. The van der Waals surface area contributed by atoms with Crippen LogP contribution in [0, 0.1) is 18.8 Å². The molecule has 1 aromatic heterocycles. The highest BCUT2D eigenvalue weighted by Gasteiger charge is 1.98. The first-order valence-corrected chi connectivity index (χ1v) is 5.87. The average Bonchev–Trinajstić information content (AvgIpc) is 2.22. The summed E-state index contributed by atoms with van der Waals surface area (Å²) in [4.78, 5) is 14.7. The average molecular weight is 235 g/mol. The molecule has 0 aliphatic rings. The molecule has 1 aromatic rings. The Labute approximate surface area is 99.3 Å². The van der Waals surface area contributed by atoms with Gasteiger partial charge in [0, 0.05) is 24.8 Å². The first-order valence-electron chi connectivity index (χ1n) is 4.88. The van der Waals surface area contributed by atoms with Gasteiger partial charge in [0.2, 0.25) is 0 Å². The van der Waals surface area contributed by atoms with Gasteiger partial charge in [0.25, 0.3) is 0 Å². The Hall–Kier alpha value is -1.47. The van der Waals surface area contributed by atoms with Crippen molar-refractivity contribution in [3.05, 3.63) is 23.5 Å². The molecule has 0 amide bonds. The van der Waals surface area contributed by atoms with Crippen molar-refractivity contribution in [2.75, 3.05) is 5.75 Å². The highest BCUT2D eigenvalue weighted by atomic mass is 32.2. The molecule has 1 rings (SSSR count). The molecular weight excluding hydrogens is 222 g/mol. The zero-order chi connectivity index (χ0) is 12.0. The van der Waals surface area contributed by atoms with Crippen molar-refractivity contribution in [3.63, 3.8) is 0 Å². The molecule has 1 N–H and O–H groups in total. The van der Waals surface area contributed by atoms with Gasteiger partial charge in [-0.3, -0.25) is 4.79 Å². The third-order valence-electron chi connectivity index (χ3n) is 1.75. The summed E-state index contributed by atoms with van der Waals surface area (Å²) in [5.74, 6) is 6.44. The molecule has 0 atom stereocenters. The number of aromatic nitrogens is 1. The van der Waals surface area contributed by atoms with Crippen molar-refractivity contribution in [1.29, 1.82) is 0 Å². The van der Waals surface area contributed by atoms with Crippen LogP contribution < -0.4 is 0 Å². The molecule has 0 saturated carbocycles. The van der Waals surface area contributed by atoms with Crippen LogP contribution in [-0.2, 0) is 4.79 Å². The van der Waals surface area contributed by atoms with Gasteiger partial charge in [-0.1, -0.05) is 17.7 Å². The summed E-state index contributed by atoms with van der Waals surface area (Å²) in [5.41, 5.74) is 1.22. The van der Waals surface area contributed by atoms with Crippen molar-refractivity contribution in [2.24, 2.45) is 0 Å². The van der Waals surface area contributed by atoms with E-state index in [2.05, 4.69) is 16.8 Å². The highest BCUT2D eigenvalue weighted by Crippen LogP contribution is 2.13. The largest absolute Gasteiger partial charge is 0.505 e. The summed E-state index contributed by atoms with van der Waals surface area (Å²) in [6.45, 7) is 3.38. The van der Waals surface area contributed by atoms with E-state index in [4.69, 9.17) is 0 Å². The molecule has 0 unspecified atom stereocenters. The summed E-state index contributed by atoms with van der Waals surface area (Å²) in [7, 11) is 0. The maximum atomic E-state index is 10.6. The second-order valence-electron chi connectivity index (χ2n) is 3.21. The number of rotatable bonds is 2. The molecular formula is C12H13NO2S. The first kappa shape index (κ1) is 12.6. The van der Waals surface area contributed by atoms with Crippen molar-refractivity contribution >= 4 is 16.9 Å². The standard InChI is InChI=1S/C12H13NO2S/c1-9-6-7-12(15)11(13-9)5-3-4-8-16-10(2)14/h6-7,15H,4,8H2,1-2H3. The normalized spacial score (nSPS) is 9.38. The summed E-state index contributed by atoms with van der Waals surface area (Å²) in [5, 5.41) is 9.55. The third-order valence-corrected chi connectivity index (χ3v) is 2.57. The van der Waals surface area contributed by atoms with Gasteiger partial charge in [-0.25, -0.2) is 4.98 Å². The van der Waals surface area contributed by atoms with Crippen LogP contribution in [0.15, 0.2) is 12.1 Å². The predicted octanol–water partition coefficient (Wildman–Crippen LogP) is 2.12. The summed E-state index contributed by atoms with van der Waals surface area (Å²) >= 11 is 1.25. The monoisotopic (exact) mass is 235 g/mol. The second-order valence-corrected chi connectivity index (χ2v) is 4.48. The van der Waals surface area contributed by atoms with Crippen molar-refractivity contribution in [2.45, 2.75) is 20.3 Å². The lowest BCUT2D eigenvalue weighted by Gasteiger charge is -1.96. The first-order chi connectivity index (χ1) is 7.59. The molecule has 3 nitrogen and oxygen atoms in total. The smallest absolute Gasteiger partial charge is 0.185 e. The quantitative estimate of drug-likeness (QED) is 0.630. The van der Waals surface area contributed by atoms with Crippen molar-refractivity contribution in [1.82, 2.24) is 4.98 Å². The van der Waals surface area contributed by atoms with Crippen molar-refractivity contribution in [3.8, 4) is 17.6 Å². The van der Waals surface area contributed by atoms with Crippen LogP contribution in [0.3, 0.4) is 0 Å². The van der Waals surface area contributed by atoms with Gasteiger partial charge < -0.3 is 5.11 Å². The minimum absolute atomic E-state index is 0.0947. The number of aromatic hydroxyl groups is 1. The fourth-order valence-electron chi connectivity index (χ4n) is 1.03. The maximum absolute atomic E-state index is 10.6. The minimum Gasteiger partial charge on any atom is -0.505 e. The number of aryl methyl sites for hydroxylation is 1. The maximum Gasteiger partial charge on any atom is 0.185 e. The van der Waals surface area contributed by atoms with Gasteiger partial charge in [-0.15, -0.1) is 0 Å². The number of nitrogens with zero attached hydrogens (tertiary/aromatic N) is 1. The van der Waals surface area contributed by atoms with Crippen LogP contribution in [0.2, 0.25) is 0 Å². The van der Waals surface area contributed by atoms with Crippen molar-refractivity contribution < 1.29 is 9.90 Å². The Morgan fingerprint density at radius 2 is 2.31 bits per heavy atom. The molecule has 0 aliphatic heterocycles. The van der Waals surface area contributed by atoms with Gasteiger partial charge in [0.15, 0.2) is 10.8 Å². The van der Waals surface area contributed by atoms with Gasteiger partial charge in [0.05, 0.1) is 0 Å². The van der Waals surface area contributed by atoms with Crippen LogP contribution >= 0.6 is 11.8 Å². The molecule has 84 valence electrons. The fraction of sp³-hybridized carbons (Fsp3) is 0.333. The Balaban J connectivity index is 2.56. The van der Waals surface area contributed by atoms with E-state index in [9.17, 15) is 9.90 Å². The van der Waals surface area contributed by atoms with E-state index in [0.717, 1.165) is 5.69 Å². The van der Waals surface area contributed by atoms with E-state index >= 15 is 0 Å². The SMILES string of the molecule is CC(=O)SCCC#Cc1nc(C)ccc1O. The highest BCUT2D eigenvalue weighted by molar-refractivity contribution is 8.13. The van der Waals surface area contributed by atoms with Gasteiger partial charge >= 0.3 is 0 Å². The lowest BCUT2D eigenvalue weighted by Crippen LogP contribution is -1.87. The zero-order valence-corrected chi connectivity index (χ0v) is 10.1. The molecule has 1 heterocycles. The molecule has 0 aromatic carbocycles. The summed E-state index contributed by atoms with van der Waals surface area (Å²) in [6.07, 6.45) is 0.610. The number of carbonyl (C=O) groups excluding carboxylic acids is 1. The molecule has 0 bridgehead atoms. The van der Waals surface area contributed by atoms with Crippen LogP contribution in [-0.4, -0.2) is 21.0 Å². The van der Waals surface area contributed by atoms with Crippen LogP contribution in [0.1, 0.15) is 24.7 Å². The molecule has 16 heavy (non-hydrogen) atoms. The summed E-state index contributed by atoms with van der Waals surface area (Å²) in [6, 6.07) is 3.31. The molecule has 0 fully saturated rings. The van der Waals surface area contributed by atoms with E-state index in [-0.39, 0.29) is 10.9 Å². The van der Waals surface area contributed by atoms with Gasteiger partial charge in [-0.2, -0.15) is 0 Å². The molecule has 0 radical (unpaired) electrons. The predicted molar refractivity (Wildman–Crippen MR) is 65.3 cm³/mol. The second kappa shape index (κ2) is 6.19. The Bertz CT molecular complexity index is 446. The van der Waals surface area contributed by atoms with Crippen LogP contribution in [0.5, 0.6) is 5.75 Å². The minimum atomic E-state index is 0.0947. The molecule has 0 saturated heterocycles. The molecule has 0 aliphatic carbocycles. The molecule has 4 heteroatoms. The zero-order valence-electron chi connectivity index (χ0n) is 9.28. The number of hydrogen-bond donors (Lipinski definition) is 1. The van der Waals surface area contributed by atoms with Gasteiger partial charge in [0.1, 0.15) is 5.75 Å². The van der Waals surface area contributed by atoms with E-state index in [0.29, 0.717) is 17.9 Å². The topological polar surface area (TPSA) is 50.2 Å². The number of pyridine rings is 1. The van der Waals surface area contributed by atoms with E-state index in [1.54, 1.807) is 12.1 Å².